The quantitative estimate of drug-likeness (QED) is 0.639. The molecule has 1 unspecified atom stereocenters. The van der Waals surface area contributed by atoms with Crippen molar-refractivity contribution in [1.29, 1.82) is 0 Å². The van der Waals surface area contributed by atoms with Crippen LogP contribution in [0, 0.1) is 0 Å². The minimum atomic E-state index is -0.288. The molecule has 0 saturated heterocycles. The monoisotopic (exact) mass is 256 g/mol. The molecule has 1 aliphatic carbocycles. The number of allylic oxidation sites excluding steroid dienone is 1. The molecule has 2 aromatic carbocycles. The minimum absolute atomic E-state index is 0.214. The van der Waals surface area contributed by atoms with Gasteiger partial charge in [-0.1, -0.05) is 36.4 Å². The molecule has 3 heteroatoms. The normalized spacial score (nSPS) is 17.6. The zero-order valence-electron chi connectivity index (χ0n) is 10.8. The van der Waals surface area contributed by atoms with E-state index in [1.807, 2.05) is 43.3 Å². The Kier molecular flexibility index (Phi) is 2.91. The molecule has 0 aromatic heterocycles. The third-order valence-corrected chi connectivity index (χ3v) is 3.57. The lowest BCUT2D eigenvalue weighted by Gasteiger charge is -2.24. The lowest BCUT2D eigenvalue weighted by molar-refractivity contribution is 0.0929. The number of rotatable bonds is 2. The van der Waals surface area contributed by atoms with Gasteiger partial charge in [0.25, 0.3) is 0 Å². The maximum atomic E-state index is 10.5. The Hall–Kier alpha value is -2.00. The van der Waals surface area contributed by atoms with Crippen molar-refractivity contribution in [2.45, 2.75) is 19.4 Å². The van der Waals surface area contributed by atoms with Gasteiger partial charge in [-0.2, -0.15) is 0 Å². The van der Waals surface area contributed by atoms with Gasteiger partial charge >= 0.3 is 0 Å². The molecular formula is C16H16O3. The fraction of sp³-hybridized carbons (Fsp3) is 0.250. The molecule has 0 heterocycles. The van der Waals surface area contributed by atoms with Crippen LogP contribution in [-0.2, 0) is 11.2 Å². The van der Waals surface area contributed by atoms with Crippen LogP contribution in [0.15, 0.2) is 36.4 Å². The molecule has 2 aromatic rings. The van der Waals surface area contributed by atoms with Gasteiger partial charge in [0.05, 0.1) is 0 Å². The number of phenols is 2. The van der Waals surface area contributed by atoms with Crippen LogP contribution in [0.5, 0.6) is 11.5 Å². The molecule has 0 bridgehead atoms. The summed E-state index contributed by atoms with van der Waals surface area (Å²) in [7, 11) is 0. The Bertz CT molecular complexity index is 659. The summed E-state index contributed by atoms with van der Waals surface area (Å²) >= 11 is 0. The first kappa shape index (κ1) is 12.1. The maximum absolute atomic E-state index is 10.5. The lowest BCUT2D eigenvalue weighted by Crippen LogP contribution is -2.09. The third-order valence-electron chi connectivity index (χ3n) is 3.57. The van der Waals surface area contributed by atoms with Crippen LogP contribution in [-0.4, -0.2) is 16.8 Å². The van der Waals surface area contributed by atoms with E-state index in [0.29, 0.717) is 29.4 Å². The van der Waals surface area contributed by atoms with Crippen LogP contribution in [0.4, 0.5) is 0 Å². The summed E-state index contributed by atoms with van der Waals surface area (Å²) in [4.78, 5) is 0. The van der Waals surface area contributed by atoms with Gasteiger partial charge < -0.3 is 14.9 Å². The predicted molar refractivity (Wildman–Crippen MR) is 74.5 cm³/mol. The molecule has 0 spiro atoms. The second-order valence-electron chi connectivity index (χ2n) is 4.64. The van der Waals surface area contributed by atoms with Gasteiger partial charge in [-0.15, -0.1) is 0 Å². The molecular weight excluding hydrogens is 240 g/mol. The lowest BCUT2D eigenvalue weighted by atomic mass is 9.89. The summed E-state index contributed by atoms with van der Waals surface area (Å²) in [6, 6.07) is 7.33. The van der Waals surface area contributed by atoms with Crippen LogP contribution < -0.4 is 0 Å². The molecule has 1 atom stereocenters. The number of phenolic OH excluding ortho intramolecular Hbond substituents is 2. The first-order valence-corrected chi connectivity index (χ1v) is 6.47. The molecule has 0 fully saturated rings. The van der Waals surface area contributed by atoms with Crippen molar-refractivity contribution < 1.29 is 14.9 Å². The van der Waals surface area contributed by atoms with Crippen molar-refractivity contribution in [2.75, 3.05) is 6.61 Å². The van der Waals surface area contributed by atoms with E-state index < -0.39 is 0 Å². The number of fused-ring (bicyclic) bond motifs is 2. The van der Waals surface area contributed by atoms with E-state index in [1.54, 1.807) is 0 Å². The summed E-state index contributed by atoms with van der Waals surface area (Å²) in [5, 5.41) is 22.2. The fourth-order valence-corrected chi connectivity index (χ4v) is 2.71. The molecule has 19 heavy (non-hydrogen) atoms. The zero-order chi connectivity index (χ0) is 13.4. The van der Waals surface area contributed by atoms with Crippen molar-refractivity contribution in [3.05, 3.63) is 47.5 Å². The molecule has 3 rings (SSSR count). The second kappa shape index (κ2) is 4.59. The van der Waals surface area contributed by atoms with Crippen molar-refractivity contribution in [3.63, 3.8) is 0 Å². The number of benzene rings is 2. The van der Waals surface area contributed by atoms with Crippen LogP contribution in [0.1, 0.15) is 24.2 Å². The standard InChI is InChI=1S/C16H16O3/c1-2-19-13-9-5-8-12-14(13)16(18)11-7-4-3-6-10(11)15(12)17/h3-7,9,13,17-18H,2,8H2,1H3. The number of ether oxygens (including phenoxy) is 1. The molecule has 0 saturated carbocycles. The van der Waals surface area contributed by atoms with Crippen molar-refractivity contribution in [1.82, 2.24) is 0 Å². The summed E-state index contributed by atoms with van der Waals surface area (Å²) in [6.07, 6.45) is 4.23. The highest BCUT2D eigenvalue weighted by atomic mass is 16.5. The van der Waals surface area contributed by atoms with Gasteiger partial charge in [0.2, 0.25) is 0 Å². The topological polar surface area (TPSA) is 49.7 Å². The predicted octanol–water partition coefficient (Wildman–Crippen LogP) is 3.44. The van der Waals surface area contributed by atoms with Gasteiger partial charge in [0.1, 0.15) is 17.6 Å². The maximum Gasteiger partial charge on any atom is 0.130 e. The largest absolute Gasteiger partial charge is 0.507 e. The number of hydrogen-bond acceptors (Lipinski definition) is 3. The molecule has 2 N–H and O–H groups in total. The van der Waals surface area contributed by atoms with Gasteiger partial charge in [-0.05, 0) is 13.3 Å². The van der Waals surface area contributed by atoms with Gasteiger partial charge in [-0.3, -0.25) is 0 Å². The minimum Gasteiger partial charge on any atom is -0.507 e. The summed E-state index contributed by atoms with van der Waals surface area (Å²) in [5.41, 5.74) is 1.46. The van der Waals surface area contributed by atoms with E-state index in [0.717, 1.165) is 5.56 Å². The van der Waals surface area contributed by atoms with Crippen molar-refractivity contribution in [2.24, 2.45) is 0 Å². The Morgan fingerprint density at radius 3 is 2.53 bits per heavy atom. The number of hydrogen-bond donors (Lipinski definition) is 2. The van der Waals surface area contributed by atoms with Crippen molar-refractivity contribution in [3.8, 4) is 11.5 Å². The second-order valence-corrected chi connectivity index (χ2v) is 4.64. The van der Waals surface area contributed by atoms with Crippen molar-refractivity contribution >= 4 is 10.8 Å². The smallest absolute Gasteiger partial charge is 0.130 e. The summed E-state index contributed by atoms with van der Waals surface area (Å²) in [5.74, 6) is 0.462. The first-order chi connectivity index (χ1) is 9.24. The molecule has 0 radical (unpaired) electrons. The fourth-order valence-electron chi connectivity index (χ4n) is 2.71. The first-order valence-electron chi connectivity index (χ1n) is 6.47. The molecule has 0 amide bonds. The van der Waals surface area contributed by atoms with Gasteiger partial charge in [0.15, 0.2) is 0 Å². The van der Waals surface area contributed by atoms with E-state index in [1.165, 1.54) is 0 Å². The third kappa shape index (κ3) is 1.78. The van der Waals surface area contributed by atoms with E-state index >= 15 is 0 Å². The average Bonchev–Trinajstić information content (AvgIpc) is 2.45. The van der Waals surface area contributed by atoms with E-state index in [-0.39, 0.29) is 17.6 Å². The number of aromatic hydroxyl groups is 2. The summed E-state index contributed by atoms with van der Waals surface area (Å²) < 4.78 is 5.64. The van der Waals surface area contributed by atoms with Crippen LogP contribution in [0.2, 0.25) is 0 Å². The van der Waals surface area contributed by atoms with E-state index in [2.05, 4.69) is 0 Å². The highest BCUT2D eigenvalue weighted by Crippen LogP contribution is 2.45. The molecule has 0 aliphatic heterocycles. The molecule has 3 nitrogen and oxygen atoms in total. The highest BCUT2D eigenvalue weighted by molar-refractivity contribution is 5.96. The van der Waals surface area contributed by atoms with Crippen LogP contribution >= 0.6 is 0 Å². The average molecular weight is 256 g/mol. The van der Waals surface area contributed by atoms with E-state index in [4.69, 9.17) is 4.74 Å². The van der Waals surface area contributed by atoms with Gasteiger partial charge in [-0.25, -0.2) is 0 Å². The van der Waals surface area contributed by atoms with Crippen LogP contribution in [0.3, 0.4) is 0 Å². The summed E-state index contributed by atoms with van der Waals surface area (Å²) in [6.45, 7) is 2.47. The Balaban J connectivity index is 2.32. The Labute approximate surface area is 111 Å². The van der Waals surface area contributed by atoms with Gasteiger partial charge in [0, 0.05) is 28.5 Å². The Morgan fingerprint density at radius 2 is 1.84 bits per heavy atom. The highest BCUT2D eigenvalue weighted by Gasteiger charge is 2.25. The molecule has 1 aliphatic rings. The molecule has 98 valence electrons. The zero-order valence-corrected chi connectivity index (χ0v) is 10.8. The SMILES string of the molecule is CCOC1C=CCc2c1c(O)c1ccccc1c2O. The Morgan fingerprint density at radius 1 is 1.16 bits per heavy atom. The van der Waals surface area contributed by atoms with Crippen LogP contribution in [0.25, 0.3) is 10.8 Å². The van der Waals surface area contributed by atoms with E-state index in [9.17, 15) is 10.2 Å².